The number of nitrogens with two attached hydrogens (primary N) is 1. The number of Topliss-reactive ketones (excluding diaryl/α,β-unsaturated/α-hetero) is 1. The number of esters is 1. The average Bonchev–Trinajstić information content (AvgIpc) is 2.89. The molecule has 240 valence electrons. The standard InChI is InChI=1S/C31H49N5O7/c1-19(2)25(36-24(38)16-15-23(37)30(3,4)5)27(40)35-22(10-9-17-33-29(32)42)26(39)34-21-13-11-20(12-14-21)18-43-28(41)31(6,7)8/h11-14,19,22,25H,9-10,15-18H2,1-8H3,(H,34,39)(H,35,40)(H,36,38)(H3,32,33,42). The summed E-state index contributed by atoms with van der Waals surface area (Å²) in [4.78, 5) is 74.4. The highest BCUT2D eigenvalue weighted by molar-refractivity contribution is 5.98. The number of carbonyl (C=O) groups is 6. The van der Waals surface area contributed by atoms with Gasteiger partial charge >= 0.3 is 12.0 Å². The number of rotatable bonds is 15. The SMILES string of the molecule is CC(C)C(NC(=O)CCC(=O)C(C)(C)C)C(=O)NC(CCCNC(N)=O)C(=O)Nc1ccc(COC(=O)C(C)(C)C)cc1. The molecule has 1 aromatic rings. The molecule has 12 heteroatoms. The van der Waals surface area contributed by atoms with E-state index in [2.05, 4.69) is 21.3 Å². The van der Waals surface area contributed by atoms with Gasteiger partial charge in [0, 0.05) is 30.5 Å². The molecule has 0 aliphatic rings. The van der Waals surface area contributed by atoms with Crippen molar-refractivity contribution in [1.29, 1.82) is 0 Å². The third-order valence-corrected chi connectivity index (χ3v) is 6.49. The third kappa shape index (κ3) is 14.2. The molecule has 1 rings (SSSR count). The lowest BCUT2D eigenvalue weighted by Gasteiger charge is -2.25. The number of benzene rings is 1. The first-order chi connectivity index (χ1) is 19.8. The minimum absolute atomic E-state index is 0.0530. The van der Waals surface area contributed by atoms with E-state index < -0.39 is 46.7 Å². The van der Waals surface area contributed by atoms with Gasteiger partial charge in [-0.05, 0) is 57.2 Å². The second-order valence-corrected chi connectivity index (χ2v) is 13.0. The summed E-state index contributed by atoms with van der Waals surface area (Å²) in [5, 5.41) is 10.6. The molecule has 2 atom stereocenters. The Kier molecular flexibility index (Phi) is 14.3. The summed E-state index contributed by atoms with van der Waals surface area (Å²) in [6.07, 6.45) is 0.517. The number of hydrogen-bond donors (Lipinski definition) is 5. The van der Waals surface area contributed by atoms with E-state index in [-0.39, 0.29) is 50.1 Å². The zero-order valence-corrected chi connectivity index (χ0v) is 26.7. The normalized spacial score (nSPS) is 13.0. The number of anilines is 1. The minimum atomic E-state index is -0.991. The lowest BCUT2D eigenvalue weighted by Crippen LogP contribution is -2.54. The van der Waals surface area contributed by atoms with E-state index in [0.29, 0.717) is 12.1 Å². The third-order valence-electron chi connectivity index (χ3n) is 6.49. The van der Waals surface area contributed by atoms with E-state index in [9.17, 15) is 28.8 Å². The Labute approximate surface area is 254 Å². The molecule has 43 heavy (non-hydrogen) atoms. The molecular weight excluding hydrogens is 554 g/mol. The van der Waals surface area contributed by atoms with Crippen LogP contribution in [0.1, 0.15) is 86.6 Å². The number of primary amides is 1. The fraction of sp³-hybridized carbons (Fsp3) is 0.613. The first kappa shape index (κ1) is 37.1. The Bertz CT molecular complexity index is 1130. The fourth-order valence-electron chi connectivity index (χ4n) is 3.71. The first-order valence-corrected chi connectivity index (χ1v) is 14.5. The smallest absolute Gasteiger partial charge is 0.312 e. The topological polar surface area (TPSA) is 186 Å². The molecule has 0 saturated heterocycles. The van der Waals surface area contributed by atoms with Crippen molar-refractivity contribution < 1.29 is 33.5 Å². The number of ether oxygens (including phenoxy) is 1. The number of carbonyl (C=O) groups excluding carboxylic acids is 6. The van der Waals surface area contributed by atoms with Gasteiger partial charge in [-0.15, -0.1) is 0 Å². The molecule has 6 N–H and O–H groups in total. The summed E-state index contributed by atoms with van der Waals surface area (Å²) < 4.78 is 5.32. The minimum Gasteiger partial charge on any atom is -0.460 e. The summed E-state index contributed by atoms with van der Waals surface area (Å²) in [5.41, 5.74) is 5.12. The second kappa shape index (κ2) is 16.6. The zero-order chi connectivity index (χ0) is 33.0. The van der Waals surface area contributed by atoms with Crippen LogP contribution in [0.2, 0.25) is 0 Å². The molecule has 0 aromatic heterocycles. The Hall–Kier alpha value is -3.96. The first-order valence-electron chi connectivity index (χ1n) is 14.5. The van der Waals surface area contributed by atoms with Gasteiger partial charge in [-0.3, -0.25) is 24.0 Å². The van der Waals surface area contributed by atoms with Crippen LogP contribution in [-0.2, 0) is 35.3 Å². The van der Waals surface area contributed by atoms with Crippen molar-refractivity contribution >= 4 is 41.2 Å². The van der Waals surface area contributed by atoms with Crippen LogP contribution in [-0.4, -0.2) is 54.1 Å². The van der Waals surface area contributed by atoms with Crippen molar-refractivity contribution in [1.82, 2.24) is 16.0 Å². The highest BCUT2D eigenvalue weighted by Gasteiger charge is 2.30. The van der Waals surface area contributed by atoms with Gasteiger partial charge in [-0.25, -0.2) is 4.79 Å². The number of amides is 5. The van der Waals surface area contributed by atoms with E-state index in [1.54, 1.807) is 79.7 Å². The molecule has 0 aliphatic carbocycles. The Balaban J connectivity index is 2.93. The molecule has 2 unspecified atom stereocenters. The maximum atomic E-state index is 13.3. The maximum Gasteiger partial charge on any atom is 0.312 e. The second-order valence-electron chi connectivity index (χ2n) is 13.0. The molecule has 5 amide bonds. The summed E-state index contributed by atoms with van der Waals surface area (Å²) >= 11 is 0. The summed E-state index contributed by atoms with van der Waals surface area (Å²) in [5.74, 6) is -2.18. The molecular formula is C31H49N5O7. The number of hydrogen-bond acceptors (Lipinski definition) is 7. The van der Waals surface area contributed by atoms with Crippen molar-refractivity contribution in [3.05, 3.63) is 29.8 Å². The molecule has 0 bridgehead atoms. The molecule has 1 aromatic carbocycles. The number of urea groups is 1. The van der Waals surface area contributed by atoms with Crippen LogP contribution in [0.25, 0.3) is 0 Å². The average molecular weight is 604 g/mol. The molecule has 0 aliphatic heterocycles. The lowest BCUT2D eigenvalue weighted by molar-refractivity contribution is -0.154. The maximum absolute atomic E-state index is 13.3. The molecule has 12 nitrogen and oxygen atoms in total. The van der Waals surface area contributed by atoms with Gasteiger partial charge in [0.05, 0.1) is 5.41 Å². The Morgan fingerprint density at radius 3 is 1.95 bits per heavy atom. The quantitative estimate of drug-likeness (QED) is 0.150. The van der Waals surface area contributed by atoms with Crippen molar-refractivity contribution in [3.8, 4) is 0 Å². The van der Waals surface area contributed by atoms with E-state index in [1.807, 2.05) is 0 Å². The van der Waals surface area contributed by atoms with E-state index in [1.165, 1.54) is 0 Å². The Morgan fingerprint density at radius 1 is 0.837 bits per heavy atom. The van der Waals surface area contributed by atoms with E-state index >= 15 is 0 Å². The van der Waals surface area contributed by atoms with E-state index in [4.69, 9.17) is 10.5 Å². The molecule has 0 radical (unpaired) electrons. The van der Waals surface area contributed by atoms with Crippen LogP contribution < -0.4 is 27.0 Å². The van der Waals surface area contributed by atoms with Crippen LogP contribution in [0.3, 0.4) is 0 Å². The fourth-order valence-corrected chi connectivity index (χ4v) is 3.71. The lowest BCUT2D eigenvalue weighted by atomic mass is 9.88. The predicted octanol–water partition coefficient (Wildman–Crippen LogP) is 3.18. The molecule has 0 heterocycles. The van der Waals surface area contributed by atoms with Gasteiger partial charge in [0.15, 0.2) is 0 Å². The molecule has 0 saturated carbocycles. The number of ketones is 1. The van der Waals surface area contributed by atoms with Gasteiger partial charge < -0.3 is 31.7 Å². The monoisotopic (exact) mass is 603 g/mol. The van der Waals surface area contributed by atoms with Crippen LogP contribution in [0.5, 0.6) is 0 Å². The van der Waals surface area contributed by atoms with Gasteiger partial charge in [-0.2, -0.15) is 0 Å². The number of nitrogens with one attached hydrogen (secondary N) is 4. The van der Waals surface area contributed by atoms with Gasteiger partial charge in [-0.1, -0.05) is 46.8 Å². The highest BCUT2D eigenvalue weighted by Crippen LogP contribution is 2.19. The van der Waals surface area contributed by atoms with Gasteiger partial charge in [0.2, 0.25) is 17.7 Å². The zero-order valence-electron chi connectivity index (χ0n) is 26.7. The summed E-state index contributed by atoms with van der Waals surface area (Å²) in [7, 11) is 0. The van der Waals surface area contributed by atoms with Crippen LogP contribution in [0, 0.1) is 16.7 Å². The van der Waals surface area contributed by atoms with Crippen LogP contribution >= 0.6 is 0 Å². The van der Waals surface area contributed by atoms with Crippen molar-refractivity contribution in [2.75, 3.05) is 11.9 Å². The Morgan fingerprint density at radius 2 is 1.44 bits per heavy atom. The van der Waals surface area contributed by atoms with Gasteiger partial charge in [0.25, 0.3) is 0 Å². The van der Waals surface area contributed by atoms with Crippen molar-refractivity contribution in [3.63, 3.8) is 0 Å². The summed E-state index contributed by atoms with van der Waals surface area (Å²) in [6.45, 7) is 14.4. The predicted molar refractivity (Wildman–Crippen MR) is 164 cm³/mol. The molecule has 0 fully saturated rings. The van der Waals surface area contributed by atoms with Crippen molar-refractivity contribution in [2.45, 2.75) is 99.8 Å². The van der Waals surface area contributed by atoms with Crippen molar-refractivity contribution in [2.24, 2.45) is 22.5 Å². The largest absolute Gasteiger partial charge is 0.460 e. The van der Waals surface area contributed by atoms with E-state index in [0.717, 1.165) is 5.56 Å². The summed E-state index contributed by atoms with van der Waals surface area (Å²) in [6, 6.07) is 4.10. The van der Waals surface area contributed by atoms with Crippen LogP contribution in [0.4, 0.5) is 10.5 Å². The van der Waals surface area contributed by atoms with Gasteiger partial charge in [0.1, 0.15) is 24.5 Å². The highest BCUT2D eigenvalue weighted by atomic mass is 16.5. The molecule has 0 spiro atoms. The van der Waals surface area contributed by atoms with Crippen LogP contribution in [0.15, 0.2) is 24.3 Å².